The number of carbonyl (C=O) groups is 2. The number of rotatable bonds is 4. The quantitative estimate of drug-likeness (QED) is 0.849. The summed E-state index contributed by atoms with van der Waals surface area (Å²) in [7, 11) is 0. The zero-order valence-corrected chi connectivity index (χ0v) is 9.95. The van der Waals surface area contributed by atoms with Gasteiger partial charge in [-0.05, 0) is 29.8 Å². The van der Waals surface area contributed by atoms with E-state index in [1.54, 1.807) is 30.3 Å². The maximum Gasteiger partial charge on any atom is 0.357 e. The van der Waals surface area contributed by atoms with Crippen molar-refractivity contribution in [2.75, 3.05) is 0 Å². The summed E-state index contributed by atoms with van der Waals surface area (Å²) in [6.45, 7) is 0.0787. The van der Waals surface area contributed by atoms with Gasteiger partial charge in [0.15, 0.2) is 0 Å². The second-order valence-electron chi connectivity index (χ2n) is 3.79. The van der Waals surface area contributed by atoms with E-state index in [1.807, 2.05) is 0 Å². The molecule has 0 aliphatic carbocycles. The van der Waals surface area contributed by atoms with Crippen LogP contribution in [0, 0.1) is 0 Å². The Labute approximate surface area is 109 Å². The number of ether oxygens (including phenoxy) is 1. The zero-order chi connectivity index (χ0) is 13.7. The third kappa shape index (κ3) is 3.38. The minimum atomic E-state index is -0.989. The Morgan fingerprint density at radius 2 is 1.84 bits per heavy atom. The zero-order valence-electron chi connectivity index (χ0n) is 9.95. The van der Waals surface area contributed by atoms with Crippen LogP contribution >= 0.6 is 0 Å². The SMILES string of the molecule is O=C(O)c1ccc(COC(=O)c2ccccn2)cc1. The molecule has 2 aromatic rings. The molecule has 5 heteroatoms. The molecule has 1 aromatic carbocycles. The number of carboxylic acids is 1. The molecule has 0 saturated heterocycles. The molecule has 1 heterocycles. The van der Waals surface area contributed by atoms with Gasteiger partial charge in [-0.25, -0.2) is 14.6 Å². The van der Waals surface area contributed by atoms with Gasteiger partial charge in [-0.2, -0.15) is 0 Å². The Hall–Kier alpha value is -2.69. The van der Waals surface area contributed by atoms with Crippen LogP contribution in [0.1, 0.15) is 26.4 Å². The first kappa shape index (κ1) is 12.8. The molecule has 96 valence electrons. The Bertz CT molecular complexity index is 578. The van der Waals surface area contributed by atoms with E-state index in [0.29, 0.717) is 5.56 Å². The third-order valence-electron chi connectivity index (χ3n) is 2.44. The standard InChI is InChI=1S/C14H11NO4/c16-13(17)11-6-4-10(5-7-11)9-19-14(18)12-3-1-2-8-15-12/h1-8H,9H2,(H,16,17). The number of pyridine rings is 1. The van der Waals surface area contributed by atoms with Gasteiger partial charge in [0.1, 0.15) is 12.3 Å². The van der Waals surface area contributed by atoms with E-state index in [2.05, 4.69) is 4.98 Å². The number of carboxylic acid groups (broad SMARTS) is 1. The van der Waals surface area contributed by atoms with Gasteiger partial charge in [0.2, 0.25) is 0 Å². The van der Waals surface area contributed by atoms with Gasteiger partial charge in [-0.15, -0.1) is 0 Å². The number of nitrogens with zero attached hydrogens (tertiary/aromatic N) is 1. The third-order valence-corrected chi connectivity index (χ3v) is 2.44. The summed E-state index contributed by atoms with van der Waals surface area (Å²) in [4.78, 5) is 26.2. The average Bonchev–Trinajstić information content (AvgIpc) is 2.46. The highest BCUT2D eigenvalue weighted by Gasteiger charge is 2.08. The van der Waals surface area contributed by atoms with Gasteiger partial charge in [0.25, 0.3) is 0 Å². The molecule has 0 spiro atoms. The number of benzene rings is 1. The van der Waals surface area contributed by atoms with Gasteiger partial charge in [-0.3, -0.25) is 0 Å². The molecule has 0 saturated carbocycles. The van der Waals surface area contributed by atoms with Crippen molar-refractivity contribution < 1.29 is 19.4 Å². The first-order valence-corrected chi connectivity index (χ1v) is 5.57. The van der Waals surface area contributed by atoms with Crippen molar-refractivity contribution in [1.82, 2.24) is 4.98 Å². The second kappa shape index (κ2) is 5.77. The summed E-state index contributed by atoms with van der Waals surface area (Å²) < 4.78 is 5.07. The van der Waals surface area contributed by atoms with Crippen LogP contribution < -0.4 is 0 Å². The second-order valence-corrected chi connectivity index (χ2v) is 3.79. The van der Waals surface area contributed by atoms with Crippen LogP contribution in [0.3, 0.4) is 0 Å². The summed E-state index contributed by atoms with van der Waals surface area (Å²) in [6, 6.07) is 11.1. The summed E-state index contributed by atoms with van der Waals surface area (Å²) in [5, 5.41) is 8.75. The van der Waals surface area contributed by atoms with E-state index in [1.165, 1.54) is 18.3 Å². The van der Waals surface area contributed by atoms with E-state index < -0.39 is 11.9 Å². The lowest BCUT2D eigenvalue weighted by Gasteiger charge is -2.04. The van der Waals surface area contributed by atoms with E-state index in [0.717, 1.165) is 0 Å². The molecular formula is C14H11NO4. The van der Waals surface area contributed by atoms with Crippen LogP contribution in [0.15, 0.2) is 48.7 Å². The Morgan fingerprint density at radius 1 is 1.11 bits per heavy atom. The number of carbonyl (C=O) groups excluding carboxylic acids is 1. The normalized spacial score (nSPS) is 9.89. The smallest absolute Gasteiger partial charge is 0.357 e. The van der Waals surface area contributed by atoms with E-state index in [4.69, 9.17) is 9.84 Å². The van der Waals surface area contributed by atoms with Gasteiger partial charge < -0.3 is 9.84 Å². The monoisotopic (exact) mass is 257 g/mol. The minimum absolute atomic E-state index is 0.0787. The van der Waals surface area contributed by atoms with Crippen LogP contribution in [0.5, 0.6) is 0 Å². The Balaban J connectivity index is 1.95. The highest BCUT2D eigenvalue weighted by Crippen LogP contribution is 2.07. The van der Waals surface area contributed by atoms with Crippen molar-refractivity contribution in [2.45, 2.75) is 6.61 Å². The van der Waals surface area contributed by atoms with Crippen molar-refractivity contribution in [3.63, 3.8) is 0 Å². The van der Waals surface area contributed by atoms with Gasteiger partial charge >= 0.3 is 11.9 Å². The molecule has 1 N–H and O–H groups in total. The number of hydrogen-bond acceptors (Lipinski definition) is 4. The number of aromatic carboxylic acids is 1. The fraction of sp³-hybridized carbons (Fsp3) is 0.0714. The lowest BCUT2D eigenvalue weighted by Crippen LogP contribution is -2.07. The molecule has 0 unspecified atom stereocenters. The lowest BCUT2D eigenvalue weighted by molar-refractivity contribution is 0.0465. The highest BCUT2D eigenvalue weighted by molar-refractivity contribution is 5.88. The Kier molecular flexibility index (Phi) is 3.87. The number of esters is 1. The van der Waals surface area contributed by atoms with Crippen LogP contribution in [0.2, 0.25) is 0 Å². The topological polar surface area (TPSA) is 76.5 Å². The largest absolute Gasteiger partial charge is 0.478 e. The number of hydrogen-bond donors (Lipinski definition) is 1. The Morgan fingerprint density at radius 3 is 2.42 bits per heavy atom. The average molecular weight is 257 g/mol. The summed E-state index contributed by atoms with van der Waals surface area (Å²) in [6.07, 6.45) is 1.51. The van der Waals surface area contributed by atoms with Gasteiger partial charge in [0.05, 0.1) is 5.56 Å². The molecule has 0 bridgehead atoms. The van der Waals surface area contributed by atoms with Crippen molar-refractivity contribution in [3.05, 3.63) is 65.5 Å². The molecule has 0 atom stereocenters. The van der Waals surface area contributed by atoms with E-state index >= 15 is 0 Å². The molecule has 2 rings (SSSR count). The highest BCUT2D eigenvalue weighted by atomic mass is 16.5. The van der Waals surface area contributed by atoms with Gasteiger partial charge in [-0.1, -0.05) is 18.2 Å². The predicted octanol–water partition coefficient (Wildman–Crippen LogP) is 2.14. The summed E-state index contributed by atoms with van der Waals surface area (Å²) in [5.74, 6) is -1.50. The van der Waals surface area contributed by atoms with E-state index in [-0.39, 0.29) is 17.9 Å². The predicted molar refractivity (Wildman–Crippen MR) is 66.8 cm³/mol. The van der Waals surface area contributed by atoms with E-state index in [9.17, 15) is 9.59 Å². The number of aromatic nitrogens is 1. The molecule has 0 radical (unpaired) electrons. The molecule has 5 nitrogen and oxygen atoms in total. The van der Waals surface area contributed by atoms with Crippen molar-refractivity contribution in [3.8, 4) is 0 Å². The molecule has 0 amide bonds. The fourth-order valence-corrected chi connectivity index (χ4v) is 1.45. The first-order valence-electron chi connectivity index (χ1n) is 5.57. The first-order chi connectivity index (χ1) is 9.16. The fourth-order valence-electron chi connectivity index (χ4n) is 1.45. The maximum atomic E-state index is 11.6. The molecule has 1 aromatic heterocycles. The summed E-state index contributed by atoms with van der Waals surface area (Å²) >= 11 is 0. The van der Waals surface area contributed by atoms with Crippen molar-refractivity contribution in [1.29, 1.82) is 0 Å². The van der Waals surface area contributed by atoms with Crippen molar-refractivity contribution in [2.24, 2.45) is 0 Å². The molecule has 0 aliphatic rings. The molecule has 19 heavy (non-hydrogen) atoms. The van der Waals surface area contributed by atoms with Crippen LogP contribution in [0.25, 0.3) is 0 Å². The molecule has 0 aliphatic heterocycles. The lowest BCUT2D eigenvalue weighted by atomic mass is 10.1. The van der Waals surface area contributed by atoms with Gasteiger partial charge in [0, 0.05) is 6.20 Å². The van der Waals surface area contributed by atoms with Crippen LogP contribution in [-0.2, 0) is 11.3 Å². The van der Waals surface area contributed by atoms with Crippen LogP contribution in [-0.4, -0.2) is 22.0 Å². The molecule has 0 fully saturated rings. The minimum Gasteiger partial charge on any atom is -0.478 e. The van der Waals surface area contributed by atoms with Crippen molar-refractivity contribution >= 4 is 11.9 Å². The van der Waals surface area contributed by atoms with Crippen LogP contribution in [0.4, 0.5) is 0 Å². The maximum absolute atomic E-state index is 11.6. The summed E-state index contributed by atoms with van der Waals surface area (Å²) in [5.41, 5.74) is 1.15. The molecular weight excluding hydrogens is 246 g/mol.